The Kier molecular flexibility index (Phi) is 4.86. The third-order valence-corrected chi connectivity index (χ3v) is 5.25. The highest BCUT2D eigenvalue weighted by atomic mass is 32.1. The van der Waals surface area contributed by atoms with E-state index in [9.17, 15) is 4.79 Å². The number of aromatic carboxylic acids is 1. The Hall–Kier alpha value is -0.870. The molecule has 112 valence electrons. The first-order chi connectivity index (χ1) is 9.38. The summed E-state index contributed by atoms with van der Waals surface area (Å²) in [4.78, 5) is 12.0. The minimum Gasteiger partial charge on any atom is -0.478 e. The van der Waals surface area contributed by atoms with Crippen molar-refractivity contribution < 1.29 is 9.90 Å². The Balaban J connectivity index is 1.95. The molecule has 1 aromatic heterocycles. The SMILES string of the molecule is CC(C)(C)C1CCCCC1NCc1cc(C(=O)O)cs1. The van der Waals surface area contributed by atoms with Crippen molar-refractivity contribution in [2.75, 3.05) is 0 Å². The summed E-state index contributed by atoms with van der Waals surface area (Å²) in [5, 5.41) is 14.3. The summed E-state index contributed by atoms with van der Waals surface area (Å²) in [6.07, 6.45) is 5.17. The molecule has 0 spiro atoms. The van der Waals surface area contributed by atoms with E-state index >= 15 is 0 Å². The molecule has 1 aliphatic carbocycles. The molecular weight excluding hydrogens is 270 g/mol. The molecule has 0 radical (unpaired) electrons. The molecule has 0 aliphatic heterocycles. The second-order valence-electron chi connectivity index (χ2n) is 6.85. The molecule has 1 aliphatic rings. The summed E-state index contributed by atoms with van der Waals surface area (Å²) in [5.74, 6) is -0.132. The lowest BCUT2D eigenvalue weighted by molar-refractivity contribution is 0.0697. The van der Waals surface area contributed by atoms with Gasteiger partial charge < -0.3 is 10.4 Å². The maximum atomic E-state index is 10.9. The van der Waals surface area contributed by atoms with Gasteiger partial charge >= 0.3 is 5.97 Å². The van der Waals surface area contributed by atoms with E-state index in [1.807, 2.05) is 0 Å². The Labute approximate surface area is 125 Å². The van der Waals surface area contributed by atoms with Gasteiger partial charge in [0, 0.05) is 22.8 Å². The molecule has 20 heavy (non-hydrogen) atoms. The monoisotopic (exact) mass is 295 g/mol. The zero-order valence-electron chi connectivity index (χ0n) is 12.6. The van der Waals surface area contributed by atoms with E-state index in [0.29, 0.717) is 22.9 Å². The fraction of sp³-hybridized carbons (Fsp3) is 0.688. The van der Waals surface area contributed by atoms with Crippen molar-refractivity contribution in [3.63, 3.8) is 0 Å². The van der Waals surface area contributed by atoms with Crippen molar-refractivity contribution in [1.29, 1.82) is 0 Å². The zero-order chi connectivity index (χ0) is 14.8. The average molecular weight is 295 g/mol. The van der Waals surface area contributed by atoms with Crippen molar-refractivity contribution in [2.24, 2.45) is 11.3 Å². The summed E-state index contributed by atoms with van der Waals surface area (Å²) in [6, 6.07) is 2.34. The molecule has 1 saturated carbocycles. The fourth-order valence-corrected chi connectivity index (χ4v) is 4.04. The normalized spacial score (nSPS) is 23.8. The minimum atomic E-state index is -0.835. The quantitative estimate of drug-likeness (QED) is 0.877. The number of nitrogens with one attached hydrogen (secondary N) is 1. The summed E-state index contributed by atoms with van der Waals surface area (Å²) < 4.78 is 0. The predicted octanol–water partition coefficient (Wildman–Crippen LogP) is 4.14. The van der Waals surface area contributed by atoms with Gasteiger partial charge in [0.15, 0.2) is 0 Å². The first kappa shape index (κ1) is 15.5. The second-order valence-corrected chi connectivity index (χ2v) is 7.85. The van der Waals surface area contributed by atoms with Crippen LogP contribution in [0.2, 0.25) is 0 Å². The number of rotatable bonds is 4. The largest absolute Gasteiger partial charge is 0.478 e. The van der Waals surface area contributed by atoms with Crippen LogP contribution in [0, 0.1) is 11.3 Å². The molecule has 0 bridgehead atoms. The lowest BCUT2D eigenvalue weighted by Gasteiger charge is -2.41. The van der Waals surface area contributed by atoms with E-state index in [4.69, 9.17) is 5.11 Å². The molecule has 2 N–H and O–H groups in total. The Bertz CT molecular complexity index is 461. The molecule has 1 fully saturated rings. The van der Waals surface area contributed by atoms with Gasteiger partial charge in [-0.1, -0.05) is 33.6 Å². The number of carboxylic acid groups (broad SMARTS) is 1. The number of carbonyl (C=O) groups is 1. The Morgan fingerprint density at radius 2 is 2.10 bits per heavy atom. The van der Waals surface area contributed by atoms with Crippen LogP contribution in [0.1, 0.15) is 61.7 Å². The second kappa shape index (κ2) is 6.27. The average Bonchev–Trinajstić information content (AvgIpc) is 2.84. The van der Waals surface area contributed by atoms with Crippen molar-refractivity contribution >= 4 is 17.3 Å². The van der Waals surface area contributed by atoms with E-state index in [1.165, 1.54) is 37.0 Å². The molecule has 1 heterocycles. The number of carboxylic acids is 1. The van der Waals surface area contributed by atoms with Crippen LogP contribution in [0.5, 0.6) is 0 Å². The summed E-state index contributed by atoms with van der Waals surface area (Å²) in [6.45, 7) is 7.76. The number of hydrogen-bond donors (Lipinski definition) is 2. The van der Waals surface area contributed by atoms with Gasteiger partial charge in [0.2, 0.25) is 0 Å². The summed E-state index contributed by atoms with van der Waals surface area (Å²) in [5.41, 5.74) is 0.738. The Morgan fingerprint density at radius 3 is 2.70 bits per heavy atom. The Morgan fingerprint density at radius 1 is 1.40 bits per heavy atom. The summed E-state index contributed by atoms with van der Waals surface area (Å²) >= 11 is 1.53. The molecule has 2 rings (SSSR count). The van der Waals surface area contributed by atoms with Gasteiger partial charge in [0.25, 0.3) is 0 Å². The van der Waals surface area contributed by atoms with Gasteiger partial charge in [-0.2, -0.15) is 0 Å². The molecule has 0 aromatic carbocycles. The highest BCUT2D eigenvalue weighted by Gasteiger charge is 2.33. The topological polar surface area (TPSA) is 49.3 Å². The van der Waals surface area contributed by atoms with Crippen LogP contribution in [0.15, 0.2) is 11.4 Å². The van der Waals surface area contributed by atoms with E-state index in [-0.39, 0.29) is 0 Å². The van der Waals surface area contributed by atoms with Gasteiger partial charge in [-0.25, -0.2) is 4.79 Å². The van der Waals surface area contributed by atoms with Crippen LogP contribution in [0.4, 0.5) is 0 Å². The smallest absolute Gasteiger partial charge is 0.336 e. The molecule has 4 heteroatoms. The van der Waals surface area contributed by atoms with Crippen LogP contribution in [-0.4, -0.2) is 17.1 Å². The molecule has 1 aromatic rings. The molecule has 0 saturated heterocycles. The van der Waals surface area contributed by atoms with Crippen LogP contribution < -0.4 is 5.32 Å². The number of hydrogen-bond acceptors (Lipinski definition) is 3. The highest BCUT2D eigenvalue weighted by Crippen LogP contribution is 2.38. The standard InChI is InChI=1S/C16H25NO2S/c1-16(2,3)13-6-4-5-7-14(13)17-9-12-8-11(10-20-12)15(18)19/h8,10,13-14,17H,4-7,9H2,1-3H3,(H,18,19). The zero-order valence-corrected chi connectivity index (χ0v) is 13.4. The van der Waals surface area contributed by atoms with Crippen LogP contribution >= 0.6 is 11.3 Å². The molecule has 2 atom stereocenters. The third kappa shape index (κ3) is 3.83. The predicted molar refractivity (Wildman–Crippen MR) is 83.3 cm³/mol. The summed E-state index contributed by atoms with van der Waals surface area (Å²) in [7, 11) is 0. The number of thiophene rings is 1. The van der Waals surface area contributed by atoms with Gasteiger partial charge in [0.1, 0.15) is 0 Å². The van der Waals surface area contributed by atoms with Gasteiger partial charge in [0.05, 0.1) is 5.56 Å². The van der Waals surface area contributed by atoms with E-state index in [2.05, 4.69) is 26.1 Å². The van der Waals surface area contributed by atoms with Crippen molar-refractivity contribution in [3.8, 4) is 0 Å². The fourth-order valence-electron chi connectivity index (χ4n) is 3.23. The highest BCUT2D eigenvalue weighted by molar-refractivity contribution is 7.10. The van der Waals surface area contributed by atoms with Crippen molar-refractivity contribution in [3.05, 3.63) is 21.9 Å². The maximum Gasteiger partial charge on any atom is 0.336 e. The van der Waals surface area contributed by atoms with Crippen LogP contribution in [0.3, 0.4) is 0 Å². The van der Waals surface area contributed by atoms with E-state index in [1.54, 1.807) is 11.4 Å². The maximum absolute atomic E-state index is 10.9. The molecule has 3 nitrogen and oxygen atoms in total. The van der Waals surface area contributed by atoms with Crippen LogP contribution in [-0.2, 0) is 6.54 Å². The first-order valence-electron chi connectivity index (χ1n) is 7.42. The minimum absolute atomic E-state index is 0.333. The molecular formula is C16H25NO2S. The van der Waals surface area contributed by atoms with Gasteiger partial charge in [-0.3, -0.25) is 0 Å². The van der Waals surface area contributed by atoms with Crippen LogP contribution in [0.25, 0.3) is 0 Å². The van der Waals surface area contributed by atoms with Gasteiger partial charge in [-0.15, -0.1) is 11.3 Å². The third-order valence-electron chi connectivity index (χ3n) is 4.32. The lowest BCUT2D eigenvalue weighted by Crippen LogP contribution is -2.43. The first-order valence-corrected chi connectivity index (χ1v) is 8.30. The molecule has 2 unspecified atom stereocenters. The van der Waals surface area contributed by atoms with E-state index < -0.39 is 5.97 Å². The lowest BCUT2D eigenvalue weighted by atomic mass is 9.69. The van der Waals surface area contributed by atoms with Crippen molar-refractivity contribution in [2.45, 2.75) is 59.0 Å². The van der Waals surface area contributed by atoms with Gasteiger partial charge in [-0.05, 0) is 30.2 Å². The van der Waals surface area contributed by atoms with Crippen molar-refractivity contribution in [1.82, 2.24) is 5.32 Å². The molecule has 0 amide bonds. The van der Waals surface area contributed by atoms with E-state index in [0.717, 1.165) is 11.4 Å².